The zero-order chi connectivity index (χ0) is 11.6. The molecule has 2 N–H and O–H groups in total. The maximum absolute atomic E-state index is 12.1. The highest BCUT2D eigenvalue weighted by molar-refractivity contribution is 5.79. The van der Waals surface area contributed by atoms with Crippen LogP contribution in [0.15, 0.2) is 0 Å². The number of aliphatic hydroxyl groups is 1. The second-order valence-corrected chi connectivity index (χ2v) is 4.94. The predicted molar refractivity (Wildman–Crippen MR) is 60.0 cm³/mol. The van der Waals surface area contributed by atoms with Crippen molar-refractivity contribution < 1.29 is 14.6 Å². The van der Waals surface area contributed by atoms with Crippen molar-refractivity contribution in [3.8, 4) is 0 Å². The van der Waals surface area contributed by atoms with Gasteiger partial charge in [0.2, 0.25) is 0 Å². The van der Waals surface area contributed by atoms with Crippen LogP contribution < -0.4 is 5.32 Å². The first kappa shape index (κ1) is 11.9. The van der Waals surface area contributed by atoms with Crippen molar-refractivity contribution in [1.29, 1.82) is 0 Å². The van der Waals surface area contributed by atoms with Crippen LogP contribution in [0, 0.1) is 5.41 Å². The van der Waals surface area contributed by atoms with Crippen molar-refractivity contribution in [2.45, 2.75) is 44.6 Å². The Morgan fingerprint density at radius 1 is 1.31 bits per heavy atom. The Kier molecular flexibility index (Phi) is 3.22. The molecule has 1 aliphatic carbocycles. The number of nitrogens with one attached hydrogen (secondary N) is 1. The lowest BCUT2D eigenvalue weighted by atomic mass is 9.57. The normalized spacial score (nSPS) is 26.9. The second-order valence-electron chi connectivity index (χ2n) is 4.94. The van der Waals surface area contributed by atoms with Gasteiger partial charge < -0.3 is 15.2 Å². The first-order valence-corrected chi connectivity index (χ1v) is 6.25. The van der Waals surface area contributed by atoms with Gasteiger partial charge in [-0.15, -0.1) is 0 Å². The van der Waals surface area contributed by atoms with E-state index in [2.05, 4.69) is 5.32 Å². The Labute approximate surface area is 96.4 Å². The fraction of sp³-hybridized carbons (Fsp3) is 0.917. The Morgan fingerprint density at radius 2 is 1.94 bits per heavy atom. The summed E-state index contributed by atoms with van der Waals surface area (Å²) < 4.78 is 5.18. The van der Waals surface area contributed by atoms with Crippen LogP contribution in [0.4, 0.5) is 0 Å². The fourth-order valence-corrected chi connectivity index (χ4v) is 2.97. The molecule has 0 bridgehead atoms. The number of ether oxygens (including phenoxy) is 1. The minimum Gasteiger partial charge on any atom is -0.465 e. The third-order valence-electron chi connectivity index (χ3n) is 4.19. The van der Waals surface area contributed by atoms with E-state index in [4.69, 9.17) is 4.74 Å². The number of piperidine rings is 1. The average molecular weight is 227 g/mol. The summed E-state index contributed by atoms with van der Waals surface area (Å²) in [5, 5.41) is 13.8. The van der Waals surface area contributed by atoms with Crippen molar-refractivity contribution >= 4 is 5.97 Å². The van der Waals surface area contributed by atoms with Gasteiger partial charge in [-0.3, -0.25) is 4.79 Å². The van der Waals surface area contributed by atoms with Crippen LogP contribution in [0.2, 0.25) is 0 Å². The number of carbonyl (C=O) groups is 1. The third-order valence-corrected chi connectivity index (χ3v) is 4.19. The summed E-state index contributed by atoms with van der Waals surface area (Å²) in [7, 11) is 0. The summed E-state index contributed by atoms with van der Waals surface area (Å²) in [4.78, 5) is 12.1. The van der Waals surface area contributed by atoms with E-state index in [1.165, 1.54) is 0 Å². The van der Waals surface area contributed by atoms with Crippen molar-refractivity contribution in [1.82, 2.24) is 5.32 Å². The molecule has 0 aromatic rings. The van der Waals surface area contributed by atoms with Crippen molar-refractivity contribution in [3.63, 3.8) is 0 Å². The van der Waals surface area contributed by atoms with Crippen LogP contribution >= 0.6 is 0 Å². The molecule has 0 atom stereocenters. The lowest BCUT2D eigenvalue weighted by Crippen LogP contribution is -2.61. The molecule has 2 rings (SSSR count). The lowest BCUT2D eigenvalue weighted by molar-refractivity contribution is -0.195. The molecule has 0 radical (unpaired) electrons. The van der Waals surface area contributed by atoms with Gasteiger partial charge in [0.25, 0.3) is 0 Å². The van der Waals surface area contributed by atoms with E-state index in [9.17, 15) is 9.90 Å². The molecular weight excluding hydrogens is 206 g/mol. The monoisotopic (exact) mass is 227 g/mol. The smallest absolute Gasteiger partial charge is 0.315 e. The number of carbonyl (C=O) groups excluding carboxylic acids is 1. The first-order valence-electron chi connectivity index (χ1n) is 6.25. The van der Waals surface area contributed by atoms with Gasteiger partial charge in [-0.2, -0.15) is 0 Å². The Morgan fingerprint density at radius 3 is 2.38 bits per heavy atom. The number of rotatable bonds is 3. The summed E-state index contributed by atoms with van der Waals surface area (Å²) in [5.74, 6) is -0.196. The predicted octanol–water partition coefficient (Wildman–Crippen LogP) is 0.834. The quantitative estimate of drug-likeness (QED) is 0.701. The minimum atomic E-state index is -0.804. The molecule has 2 aliphatic rings. The van der Waals surface area contributed by atoms with E-state index in [1.807, 2.05) is 6.92 Å². The van der Waals surface area contributed by atoms with Gasteiger partial charge in [0.1, 0.15) is 0 Å². The first-order chi connectivity index (χ1) is 7.65. The zero-order valence-electron chi connectivity index (χ0n) is 9.92. The zero-order valence-corrected chi connectivity index (χ0v) is 9.92. The van der Waals surface area contributed by atoms with Crippen molar-refractivity contribution in [3.05, 3.63) is 0 Å². The molecule has 4 heteroatoms. The molecule has 0 unspecified atom stereocenters. The highest BCUT2D eigenvalue weighted by Crippen LogP contribution is 2.51. The highest BCUT2D eigenvalue weighted by Gasteiger charge is 2.59. The Balaban J connectivity index is 2.20. The lowest BCUT2D eigenvalue weighted by Gasteiger charge is -2.52. The summed E-state index contributed by atoms with van der Waals surface area (Å²) >= 11 is 0. The third kappa shape index (κ3) is 1.64. The molecule has 0 amide bonds. The van der Waals surface area contributed by atoms with E-state index >= 15 is 0 Å². The Hall–Kier alpha value is -0.610. The molecule has 16 heavy (non-hydrogen) atoms. The second kappa shape index (κ2) is 4.34. The number of esters is 1. The summed E-state index contributed by atoms with van der Waals surface area (Å²) in [6, 6.07) is 0. The van der Waals surface area contributed by atoms with E-state index in [0.29, 0.717) is 19.4 Å². The average Bonchev–Trinajstić information content (AvgIpc) is 2.27. The molecule has 0 spiro atoms. The van der Waals surface area contributed by atoms with Crippen LogP contribution in [0.1, 0.15) is 39.0 Å². The standard InChI is InChI=1S/C12H21NO3/c1-2-16-10(14)11(6-8-13-9-7-11)12(15)4-3-5-12/h13,15H,2-9H2,1H3. The maximum Gasteiger partial charge on any atom is 0.315 e. The van der Waals surface area contributed by atoms with E-state index in [1.54, 1.807) is 0 Å². The van der Waals surface area contributed by atoms with Crippen LogP contribution in [-0.2, 0) is 9.53 Å². The maximum atomic E-state index is 12.1. The van der Waals surface area contributed by atoms with Crippen LogP contribution in [0.3, 0.4) is 0 Å². The summed E-state index contributed by atoms with van der Waals surface area (Å²) in [6.07, 6.45) is 3.90. The molecule has 92 valence electrons. The molecule has 1 heterocycles. The van der Waals surface area contributed by atoms with Gasteiger partial charge in [-0.05, 0) is 52.1 Å². The number of hydrogen-bond donors (Lipinski definition) is 2. The fourth-order valence-electron chi connectivity index (χ4n) is 2.97. The molecule has 1 saturated carbocycles. The summed E-state index contributed by atoms with van der Waals surface area (Å²) in [6.45, 7) is 3.80. The minimum absolute atomic E-state index is 0.196. The van der Waals surface area contributed by atoms with Crippen molar-refractivity contribution in [2.75, 3.05) is 19.7 Å². The van der Waals surface area contributed by atoms with Crippen LogP contribution in [0.25, 0.3) is 0 Å². The van der Waals surface area contributed by atoms with E-state index < -0.39 is 11.0 Å². The van der Waals surface area contributed by atoms with Crippen molar-refractivity contribution in [2.24, 2.45) is 5.41 Å². The van der Waals surface area contributed by atoms with Crippen LogP contribution in [-0.4, -0.2) is 36.4 Å². The molecular formula is C12H21NO3. The molecule has 4 nitrogen and oxygen atoms in total. The van der Waals surface area contributed by atoms with Gasteiger partial charge >= 0.3 is 5.97 Å². The topological polar surface area (TPSA) is 58.6 Å². The van der Waals surface area contributed by atoms with Gasteiger partial charge in [-0.25, -0.2) is 0 Å². The molecule has 1 saturated heterocycles. The Bertz CT molecular complexity index is 267. The molecule has 0 aromatic heterocycles. The largest absolute Gasteiger partial charge is 0.465 e. The van der Waals surface area contributed by atoms with Crippen LogP contribution in [0.5, 0.6) is 0 Å². The molecule has 1 aliphatic heterocycles. The van der Waals surface area contributed by atoms with Gasteiger partial charge in [-0.1, -0.05) is 0 Å². The van der Waals surface area contributed by atoms with Gasteiger partial charge in [0, 0.05) is 0 Å². The highest BCUT2D eigenvalue weighted by atomic mass is 16.5. The molecule has 2 fully saturated rings. The summed E-state index contributed by atoms with van der Waals surface area (Å²) in [5.41, 5.74) is -1.45. The SMILES string of the molecule is CCOC(=O)C1(C2(O)CCC2)CCNCC1. The van der Waals surface area contributed by atoms with E-state index in [0.717, 1.165) is 32.4 Å². The van der Waals surface area contributed by atoms with Gasteiger partial charge in [0.05, 0.1) is 17.6 Å². The number of hydrogen-bond acceptors (Lipinski definition) is 4. The van der Waals surface area contributed by atoms with Gasteiger partial charge in [0.15, 0.2) is 0 Å². The van der Waals surface area contributed by atoms with E-state index in [-0.39, 0.29) is 5.97 Å². The molecule has 0 aromatic carbocycles.